The molecule has 0 radical (unpaired) electrons. The van der Waals surface area contributed by atoms with Gasteiger partial charge >= 0.3 is 0 Å². The van der Waals surface area contributed by atoms with Crippen molar-refractivity contribution in [2.24, 2.45) is 11.8 Å². The van der Waals surface area contributed by atoms with Crippen LogP contribution >= 0.6 is 15.9 Å². The molecule has 0 aliphatic carbocycles. The zero-order chi connectivity index (χ0) is 13.3. The van der Waals surface area contributed by atoms with E-state index in [4.69, 9.17) is 0 Å². The second-order valence-electron chi connectivity index (χ2n) is 5.75. The fraction of sp³-hybridized carbons (Fsp3) is 1.00. The minimum atomic E-state index is -3.23. The van der Waals surface area contributed by atoms with Crippen LogP contribution in [0.15, 0.2) is 0 Å². The number of piperidine rings is 2. The Morgan fingerprint density at radius 1 is 1.06 bits per heavy atom. The van der Waals surface area contributed by atoms with E-state index in [1.165, 1.54) is 0 Å². The fourth-order valence-electron chi connectivity index (χ4n) is 2.81. The van der Waals surface area contributed by atoms with Gasteiger partial charge in [-0.2, -0.15) is 17.0 Å². The molecule has 0 bridgehead atoms. The van der Waals surface area contributed by atoms with Crippen LogP contribution in [0, 0.1) is 11.8 Å². The molecule has 2 aliphatic rings. The van der Waals surface area contributed by atoms with Crippen LogP contribution in [0.5, 0.6) is 0 Å². The summed E-state index contributed by atoms with van der Waals surface area (Å²) in [5.41, 5.74) is 0. The Balaban J connectivity index is 2.06. The third kappa shape index (κ3) is 3.08. The highest BCUT2D eigenvalue weighted by Gasteiger charge is 2.36. The summed E-state index contributed by atoms with van der Waals surface area (Å²) >= 11 is 3.62. The molecule has 0 saturated carbocycles. The molecule has 0 aromatic heterocycles. The molecular weight excluding hydrogens is 316 g/mol. The topological polar surface area (TPSA) is 40.6 Å². The molecule has 0 aromatic rings. The van der Waals surface area contributed by atoms with E-state index in [2.05, 4.69) is 29.8 Å². The summed E-state index contributed by atoms with van der Waals surface area (Å²) in [7, 11) is -3.23. The third-order valence-electron chi connectivity index (χ3n) is 4.04. The second kappa shape index (κ2) is 5.77. The number of halogens is 1. The standard InChI is InChI=1S/C12H23BrN2O2S/c1-10-4-3-6-14(8-10)18(16,17)15-7-5-12(13)11(2)9-15/h10-12H,3-9H2,1-2H3. The Hall–Kier alpha value is 0.350. The van der Waals surface area contributed by atoms with Gasteiger partial charge in [0.1, 0.15) is 0 Å². The van der Waals surface area contributed by atoms with E-state index in [-0.39, 0.29) is 0 Å². The van der Waals surface area contributed by atoms with Crippen molar-refractivity contribution < 1.29 is 8.42 Å². The van der Waals surface area contributed by atoms with Crippen molar-refractivity contribution in [2.45, 2.75) is 37.9 Å². The van der Waals surface area contributed by atoms with Gasteiger partial charge in [0.2, 0.25) is 0 Å². The van der Waals surface area contributed by atoms with E-state index in [1.807, 2.05) is 0 Å². The fourth-order valence-corrected chi connectivity index (χ4v) is 5.07. The summed E-state index contributed by atoms with van der Waals surface area (Å²) in [5, 5.41) is 0. The van der Waals surface area contributed by atoms with Gasteiger partial charge in [0.25, 0.3) is 10.2 Å². The molecule has 2 saturated heterocycles. The lowest BCUT2D eigenvalue weighted by Gasteiger charge is -2.38. The molecule has 106 valence electrons. The second-order valence-corrected chi connectivity index (χ2v) is 8.86. The van der Waals surface area contributed by atoms with Crippen molar-refractivity contribution in [2.75, 3.05) is 26.2 Å². The van der Waals surface area contributed by atoms with Crippen LogP contribution in [-0.2, 0) is 10.2 Å². The molecule has 2 fully saturated rings. The maximum absolute atomic E-state index is 12.6. The van der Waals surface area contributed by atoms with Crippen molar-refractivity contribution in [3.63, 3.8) is 0 Å². The van der Waals surface area contributed by atoms with Crippen molar-refractivity contribution in [3.05, 3.63) is 0 Å². The van der Waals surface area contributed by atoms with E-state index >= 15 is 0 Å². The van der Waals surface area contributed by atoms with Crippen molar-refractivity contribution in [3.8, 4) is 0 Å². The Bertz CT molecular complexity index is 388. The molecular formula is C12H23BrN2O2S. The SMILES string of the molecule is CC1CCCN(S(=O)(=O)N2CCC(Br)C(C)C2)C1. The lowest BCUT2D eigenvalue weighted by molar-refractivity contribution is 0.233. The van der Waals surface area contributed by atoms with Gasteiger partial charge in [0.15, 0.2) is 0 Å². The molecule has 0 aromatic carbocycles. The number of hydrogen-bond acceptors (Lipinski definition) is 2. The minimum absolute atomic E-state index is 0.385. The summed E-state index contributed by atoms with van der Waals surface area (Å²) in [6, 6.07) is 0. The molecule has 0 amide bonds. The van der Waals surface area contributed by atoms with Gasteiger partial charge in [-0.05, 0) is 31.1 Å². The van der Waals surface area contributed by atoms with Crippen LogP contribution in [0.3, 0.4) is 0 Å². The lowest BCUT2D eigenvalue weighted by atomic mass is 10.0. The molecule has 2 rings (SSSR count). The summed E-state index contributed by atoms with van der Waals surface area (Å²) < 4.78 is 28.5. The van der Waals surface area contributed by atoms with Crippen molar-refractivity contribution in [1.29, 1.82) is 0 Å². The number of alkyl halides is 1. The number of rotatable bonds is 2. The predicted octanol–water partition coefficient (Wildman–Crippen LogP) is 2.07. The van der Waals surface area contributed by atoms with Crippen molar-refractivity contribution >= 4 is 26.1 Å². The smallest absolute Gasteiger partial charge is 0.195 e. The summed E-state index contributed by atoms with van der Waals surface area (Å²) in [4.78, 5) is 0.448. The quantitative estimate of drug-likeness (QED) is 0.723. The van der Waals surface area contributed by atoms with E-state index in [0.29, 0.717) is 42.8 Å². The largest absolute Gasteiger partial charge is 0.281 e. The van der Waals surface area contributed by atoms with Gasteiger partial charge in [-0.3, -0.25) is 0 Å². The summed E-state index contributed by atoms with van der Waals surface area (Å²) in [6.45, 7) is 6.91. The first-order valence-corrected chi connectivity index (χ1v) is 9.12. The Labute approximate surface area is 119 Å². The molecule has 3 unspecified atom stereocenters. The van der Waals surface area contributed by atoms with E-state index < -0.39 is 10.2 Å². The minimum Gasteiger partial charge on any atom is -0.195 e. The highest BCUT2D eigenvalue weighted by Crippen LogP contribution is 2.28. The number of nitrogens with zero attached hydrogens (tertiary/aromatic N) is 2. The van der Waals surface area contributed by atoms with Crippen LogP contribution in [0.4, 0.5) is 0 Å². The van der Waals surface area contributed by atoms with Gasteiger partial charge in [-0.1, -0.05) is 29.8 Å². The van der Waals surface area contributed by atoms with E-state index in [0.717, 1.165) is 19.3 Å². The van der Waals surface area contributed by atoms with E-state index in [1.54, 1.807) is 8.61 Å². The average molecular weight is 339 g/mol. The van der Waals surface area contributed by atoms with Gasteiger partial charge in [-0.15, -0.1) is 0 Å². The average Bonchev–Trinajstić information content (AvgIpc) is 2.32. The molecule has 4 nitrogen and oxygen atoms in total. The molecule has 0 N–H and O–H groups in total. The van der Waals surface area contributed by atoms with Crippen LogP contribution in [-0.4, -0.2) is 48.0 Å². The molecule has 18 heavy (non-hydrogen) atoms. The maximum Gasteiger partial charge on any atom is 0.281 e. The van der Waals surface area contributed by atoms with Gasteiger partial charge in [-0.25, -0.2) is 0 Å². The number of hydrogen-bond donors (Lipinski definition) is 0. The first-order chi connectivity index (χ1) is 8.41. The molecule has 6 heteroatoms. The molecule has 3 atom stereocenters. The lowest BCUT2D eigenvalue weighted by Crippen LogP contribution is -2.51. The summed E-state index contributed by atoms with van der Waals surface area (Å²) in [5.74, 6) is 0.871. The first-order valence-electron chi connectivity index (χ1n) is 6.80. The Kier molecular flexibility index (Phi) is 4.73. The van der Waals surface area contributed by atoms with Gasteiger partial charge < -0.3 is 0 Å². The normalized spacial score (nSPS) is 36.7. The maximum atomic E-state index is 12.6. The molecule has 2 aliphatic heterocycles. The zero-order valence-electron chi connectivity index (χ0n) is 11.2. The first kappa shape index (κ1) is 14.8. The highest BCUT2D eigenvalue weighted by atomic mass is 79.9. The van der Waals surface area contributed by atoms with Gasteiger partial charge in [0, 0.05) is 31.0 Å². The van der Waals surface area contributed by atoms with Gasteiger partial charge in [0.05, 0.1) is 0 Å². The van der Waals surface area contributed by atoms with E-state index in [9.17, 15) is 8.42 Å². The third-order valence-corrected chi connectivity index (χ3v) is 7.36. The van der Waals surface area contributed by atoms with Crippen LogP contribution in [0.25, 0.3) is 0 Å². The van der Waals surface area contributed by atoms with Crippen LogP contribution in [0.2, 0.25) is 0 Å². The van der Waals surface area contributed by atoms with Crippen LogP contribution in [0.1, 0.15) is 33.1 Å². The summed E-state index contributed by atoms with van der Waals surface area (Å²) in [6.07, 6.45) is 3.04. The predicted molar refractivity (Wildman–Crippen MR) is 77.0 cm³/mol. The Morgan fingerprint density at radius 3 is 2.33 bits per heavy atom. The monoisotopic (exact) mass is 338 g/mol. The molecule has 0 spiro atoms. The van der Waals surface area contributed by atoms with Crippen LogP contribution < -0.4 is 0 Å². The Morgan fingerprint density at radius 2 is 1.72 bits per heavy atom. The zero-order valence-corrected chi connectivity index (χ0v) is 13.6. The van der Waals surface area contributed by atoms with Crippen molar-refractivity contribution in [1.82, 2.24) is 8.61 Å². The highest BCUT2D eigenvalue weighted by molar-refractivity contribution is 9.09. The molecule has 2 heterocycles.